The Kier molecular flexibility index (Phi) is 13.6. The molecule has 2 rings (SSSR count). The lowest BCUT2D eigenvalue weighted by Crippen LogP contribution is -3.00. The highest BCUT2D eigenvalue weighted by Gasteiger charge is 2.11. The monoisotopic (exact) mass is 436 g/mol. The van der Waals surface area contributed by atoms with Gasteiger partial charge in [-0.15, -0.1) is 0 Å². The summed E-state index contributed by atoms with van der Waals surface area (Å²) in [6.45, 7) is 3.45. The Morgan fingerprint density at radius 3 is 1.74 bits per heavy atom. The third-order valence-corrected chi connectivity index (χ3v) is 5.64. The number of imidazole rings is 1. The topological polar surface area (TPSA) is 8.81 Å². The van der Waals surface area contributed by atoms with Crippen molar-refractivity contribution < 1.29 is 21.5 Å². The van der Waals surface area contributed by atoms with Crippen molar-refractivity contribution in [2.75, 3.05) is 0 Å². The Bertz CT molecular complexity index is 605. The fourth-order valence-corrected chi connectivity index (χ4v) is 3.99. The summed E-state index contributed by atoms with van der Waals surface area (Å²) in [4.78, 5) is 0. The number of aryl methyl sites for hydroxylation is 2. The van der Waals surface area contributed by atoms with E-state index in [0.717, 1.165) is 6.54 Å². The molecule has 0 aliphatic carbocycles. The third kappa shape index (κ3) is 9.27. The second-order valence-corrected chi connectivity index (χ2v) is 8.00. The SMILES string of the molecule is CCCCCCCCCCCCCCCCn1c[n+](C)c2ccccc21.[Br-]. The van der Waals surface area contributed by atoms with Crippen LogP contribution in [-0.4, -0.2) is 4.57 Å². The van der Waals surface area contributed by atoms with Crippen molar-refractivity contribution in [2.24, 2.45) is 7.05 Å². The Morgan fingerprint density at radius 2 is 1.19 bits per heavy atom. The van der Waals surface area contributed by atoms with Crippen molar-refractivity contribution in [3.63, 3.8) is 0 Å². The van der Waals surface area contributed by atoms with Crippen molar-refractivity contribution in [2.45, 2.75) is 103 Å². The molecule has 0 aliphatic heterocycles. The van der Waals surface area contributed by atoms with Crippen LogP contribution in [0.5, 0.6) is 0 Å². The second kappa shape index (κ2) is 15.1. The van der Waals surface area contributed by atoms with Crippen molar-refractivity contribution in [3.8, 4) is 0 Å². The molecule has 0 saturated heterocycles. The molecule has 0 aliphatic rings. The number of benzene rings is 1. The van der Waals surface area contributed by atoms with Crippen molar-refractivity contribution in [1.82, 2.24) is 4.57 Å². The first-order valence-corrected chi connectivity index (χ1v) is 11.3. The molecule has 0 radical (unpaired) electrons. The quantitative estimate of drug-likeness (QED) is 0.295. The molecule has 0 fully saturated rings. The molecule has 0 N–H and O–H groups in total. The number of nitrogens with zero attached hydrogens (tertiary/aromatic N) is 2. The summed E-state index contributed by atoms with van der Waals surface area (Å²) in [5.74, 6) is 0. The highest BCUT2D eigenvalue weighted by molar-refractivity contribution is 5.71. The Labute approximate surface area is 178 Å². The predicted molar refractivity (Wildman–Crippen MR) is 113 cm³/mol. The molecular weight excluding hydrogens is 396 g/mol. The number of para-hydroxylation sites is 2. The molecule has 0 spiro atoms. The zero-order valence-electron chi connectivity index (χ0n) is 17.8. The molecule has 0 saturated carbocycles. The number of rotatable bonds is 15. The summed E-state index contributed by atoms with van der Waals surface area (Å²) in [6, 6.07) is 8.71. The molecule has 0 amide bonds. The Balaban J connectivity index is 0.00000364. The van der Waals surface area contributed by atoms with Gasteiger partial charge in [-0.3, -0.25) is 0 Å². The average molecular weight is 438 g/mol. The first-order chi connectivity index (χ1) is 12.8. The fourth-order valence-electron chi connectivity index (χ4n) is 3.99. The van der Waals surface area contributed by atoms with Gasteiger partial charge in [0.2, 0.25) is 6.33 Å². The molecule has 2 nitrogen and oxygen atoms in total. The number of halogens is 1. The summed E-state index contributed by atoms with van der Waals surface area (Å²) in [6.07, 6.45) is 22.2. The van der Waals surface area contributed by atoms with Gasteiger partial charge in [0.1, 0.15) is 0 Å². The van der Waals surface area contributed by atoms with E-state index < -0.39 is 0 Å². The van der Waals surface area contributed by atoms with E-state index in [1.807, 2.05) is 0 Å². The van der Waals surface area contributed by atoms with Crippen LogP contribution in [-0.2, 0) is 13.6 Å². The number of aromatic nitrogens is 2. The van der Waals surface area contributed by atoms with E-state index in [2.05, 4.69) is 53.7 Å². The van der Waals surface area contributed by atoms with Crippen LogP contribution in [0.3, 0.4) is 0 Å². The summed E-state index contributed by atoms with van der Waals surface area (Å²) in [7, 11) is 2.14. The largest absolute Gasteiger partial charge is 1.00 e. The van der Waals surface area contributed by atoms with Gasteiger partial charge in [0, 0.05) is 0 Å². The minimum atomic E-state index is 0. The van der Waals surface area contributed by atoms with E-state index in [1.165, 1.54) is 101 Å². The zero-order valence-corrected chi connectivity index (χ0v) is 19.4. The molecular formula is C24H41BrN2. The molecule has 1 heterocycles. The minimum absolute atomic E-state index is 0. The molecule has 3 heteroatoms. The highest BCUT2D eigenvalue weighted by atomic mass is 79.9. The van der Waals surface area contributed by atoms with Crippen LogP contribution in [0.15, 0.2) is 30.6 Å². The van der Waals surface area contributed by atoms with Crippen LogP contribution < -0.4 is 21.5 Å². The molecule has 0 unspecified atom stereocenters. The van der Waals surface area contributed by atoms with Crippen molar-refractivity contribution in [1.29, 1.82) is 0 Å². The van der Waals surface area contributed by atoms with Gasteiger partial charge in [0.25, 0.3) is 0 Å². The number of unbranched alkanes of at least 4 members (excludes halogenated alkanes) is 13. The van der Waals surface area contributed by atoms with Crippen LogP contribution in [0.2, 0.25) is 0 Å². The maximum atomic E-state index is 2.41. The normalized spacial score (nSPS) is 11.0. The van der Waals surface area contributed by atoms with E-state index in [9.17, 15) is 0 Å². The van der Waals surface area contributed by atoms with Gasteiger partial charge in [-0.05, 0) is 25.0 Å². The molecule has 0 bridgehead atoms. The first kappa shape index (κ1) is 24.2. The van der Waals surface area contributed by atoms with E-state index in [0.29, 0.717) is 0 Å². The van der Waals surface area contributed by atoms with Gasteiger partial charge >= 0.3 is 0 Å². The van der Waals surface area contributed by atoms with E-state index in [-0.39, 0.29) is 17.0 Å². The van der Waals surface area contributed by atoms with E-state index >= 15 is 0 Å². The lowest BCUT2D eigenvalue weighted by molar-refractivity contribution is -0.645. The van der Waals surface area contributed by atoms with Gasteiger partial charge in [0.05, 0.1) is 13.6 Å². The molecule has 1 aromatic carbocycles. The fraction of sp³-hybridized carbons (Fsp3) is 0.708. The Morgan fingerprint density at radius 1 is 0.704 bits per heavy atom. The summed E-state index contributed by atoms with van der Waals surface area (Å²) >= 11 is 0. The predicted octanol–water partition coefficient (Wildman–Crippen LogP) is 3.95. The first-order valence-electron chi connectivity index (χ1n) is 11.3. The van der Waals surface area contributed by atoms with Gasteiger partial charge in [-0.25, -0.2) is 9.13 Å². The molecule has 154 valence electrons. The number of hydrogen-bond acceptors (Lipinski definition) is 0. The molecule has 2 aromatic rings. The van der Waals surface area contributed by atoms with Gasteiger partial charge < -0.3 is 17.0 Å². The number of hydrogen-bond donors (Lipinski definition) is 0. The van der Waals surface area contributed by atoms with Crippen LogP contribution in [0.1, 0.15) is 96.8 Å². The number of fused-ring (bicyclic) bond motifs is 1. The smallest absolute Gasteiger partial charge is 0.244 e. The summed E-state index contributed by atoms with van der Waals surface area (Å²) in [5.41, 5.74) is 2.70. The zero-order chi connectivity index (χ0) is 18.5. The third-order valence-electron chi connectivity index (χ3n) is 5.64. The minimum Gasteiger partial charge on any atom is -1.00 e. The standard InChI is InChI=1S/C24H41N2.BrH/c1-3-4-5-6-7-8-9-10-11-12-13-14-15-18-21-26-22-25(2)23-19-16-17-20-24(23)26;/h16-17,19-20,22H,3-15,18,21H2,1-2H3;1H/q+1;/p-1. The van der Waals surface area contributed by atoms with Crippen LogP contribution >= 0.6 is 0 Å². The molecule has 27 heavy (non-hydrogen) atoms. The molecule has 1 aromatic heterocycles. The lowest BCUT2D eigenvalue weighted by atomic mass is 10.0. The Hall–Kier alpha value is -0.830. The van der Waals surface area contributed by atoms with Crippen LogP contribution in [0, 0.1) is 0 Å². The van der Waals surface area contributed by atoms with Gasteiger partial charge in [-0.2, -0.15) is 0 Å². The van der Waals surface area contributed by atoms with Crippen LogP contribution in [0.4, 0.5) is 0 Å². The summed E-state index contributed by atoms with van der Waals surface area (Å²) in [5, 5.41) is 0. The van der Waals surface area contributed by atoms with Gasteiger partial charge in [-0.1, -0.05) is 96.1 Å². The van der Waals surface area contributed by atoms with E-state index in [4.69, 9.17) is 0 Å². The summed E-state index contributed by atoms with van der Waals surface area (Å²) < 4.78 is 4.65. The molecule has 0 atom stereocenters. The van der Waals surface area contributed by atoms with Crippen LogP contribution in [0.25, 0.3) is 11.0 Å². The maximum absolute atomic E-state index is 2.41. The van der Waals surface area contributed by atoms with Gasteiger partial charge in [0.15, 0.2) is 11.0 Å². The maximum Gasteiger partial charge on any atom is 0.244 e. The highest BCUT2D eigenvalue weighted by Crippen LogP contribution is 2.14. The van der Waals surface area contributed by atoms with Crippen molar-refractivity contribution in [3.05, 3.63) is 30.6 Å². The lowest BCUT2D eigenvalue weighted by Gasteiger charge is -2.03. The van der Waals surface area contributed by atoms with Crippen molar-refractivity contribution >= 4 is 11.0 Å². The second-order valence-electron chi connectivity index (χ2n) is 8.00. The average Bonchev–Trinajstić information content (AvgIpc) is 2.98. The van der Waals surface area contributed by atoms with E-state index in [1.54, 1.807) is 0 Å².